The van der Waals surface area contributed by atoms with Crippen LogP contribution in [0.2, 0.25) is 0 Å². The lowest BCUT2D eigenvalue weighted by atomic mass is 10.1. The number of nitrogens with zero attached hydrogens (tertiary/aromatic N) is 8. The molecule has 1 aromatic carbocycles. The summed E-state index contributed by atoms with van der Waals surface area (Å²) in [4.78, 5) is 104. The fourth-order valence-corrected chi connectivity index (χ4v) is 8.05. The third-order valence-electron chi connectivity index (χ3n) is 9.84. The predicted molar refractivity (Wildman–Crippen MR) is 214 cm³/mol. The quantitative estimate of drug-likeness (QED) is 0.0229. The molecule has 1 amide bonds. The SMILES string of the molecule is C=CCCC(=O)NCc1nc(C(=O)OC2[C@@H](COP(=O)([O-])OC3C[C@H](n4ccc(N)nc4=O)O[C@@H]3COP(=O)([O-])O)O[C@@H](n3cnc4c(N)ncnc43)[C@H]2O)c(-c2ccc([N+](=O)[O-])cc2)o1. The standard InChI is InChI=1S/C35H39N11O18P2/c1-2-3-4-23(47)38-12-24-43-26(29(62-24)17-5-7-18(8-6-17)46(51)52)34(49)63-30-21(61-33(28(30)48)45-16-41-27-31(37)39-15-40-32(27)45)14-59-66(56,57)64-19-11-25(44-10-9-22(36)42-35(44)50)60-20(19)13-58-65(53,54)55/h2,5-10,15-16,19-21,25,28,30,33,48H,1,3-4,11-14H2,(H,38,47)(H,56,57)(H2,36,42,50)(H2,37,39,40)(H2,53,54,55)/p-2/t19?,20-,21-,25-,28+,30?,33-/m1/s1. The van der Waals surface area contributed by atoms with Crippen molar-refractivity contribution in [1.29, 1.82) is 0 Å². The summed E-state index contributed by atoms with van der Waals surface area (Å²) in [6, 6.07) is 6.00. The van der Waals surface area contributed by atoms with Crippen LogP contribution in [0, 0.1) is 10.1 Å². The Bertz CT molecular complexity index is 2780. The van der Waals surface area contributed by atoms with E-state index >= 15 is 0 Å². The van der Waals surface area contributed by atoms with Crippen molar-refractivity contribution in [3.05, 3.63) is 94.0 Å². The highest BCUT2D eigenvalue weighted by Crippen LogP contribution is 2.47. The molecule has 0 aliphatic carbocycles. The average molecular weight is 962 g/mol. The first-order chi connectivity index (χ1) is 31.3. The number of anilines is 2. The van der Waals surface area contributed by atoms with Crippen LogP contribution in [0.4, 0.5) is 17.3 Å². The molecule has 29 nitrogen and oxygen atoms in total. The normalized spacial score (nSPS) is 23.5. The number of imidazole rings is 1. The second-order valence-corrected chi connectivity index (χ2v) is 16.8. The number of amides is 1. The lowest BCUT2D eigenvalue weighted by Crippen LogP contribution is -2.39. The molecule has 9 atom stereocenters. The Kier molecular flexibility index (Phi) is 14.2. The summed E-state index contributed by atoms with van der Waals surface area (Å²) in [5.41, 5.74) is 9.97. The molecule has 6 heterocycles. The number of fused-ring (bicyclic) bond motifs is 1. The molecule has 2 fully saturated rings. The zero-order valence-electron chi connectivity index (χ0n) is 33.7. The molecule has 0 saturated carbocycles. The number of esters is 1. The van der Waals surface area contributed by atoms with Gasteiger partial charge in [-0.1, -0.05) is 6.08 Å². The number of hydrogen-bond acceptors (Lipinski definition) is 24. The number of carbonyl (C=O) groups is 2. The molecule has 7 N–H and O–H groups in total. The van der Waals surface area contributed by atoms with Crippen LogP contribution in [0.3, 0.4) is 0 Å². The van der Waals surface area contributed by atoms with Crippen molar-refractivity contribution in [2.45, 2.75) is 68.8 Å². The number of non-ortho nitro benzene ring substituents is 1. The van der Waals surface area contributed by atoms with Crippen LogP contribution >= 0.6 is 15.6 Å². The van der Waals surface area contributed by atoms with Crippen molar-refractivity contribution in [2.75, 3.05) is 24.7 Å². The van der Waals surface area contributed by atoms with Gasteiger partial charge >= 0.3 is 11.7 Å². The van der Waals surface area contributed by atoms with Gasteiger partial charge < -0.3 is 68.8 Å². The molecule has 0 radical (unpaired) electrons. The van der Waals surface area contributed by atoms with E-state index in [2.05, 4.69) is 41.3 Å². The number of carbonyl (C=O) groups excluding carboxylic acids is 2. The molecule has 2 aliphatic heterocycles. The monoisotopic (exact) mass is 961 g/mol. The lowest BCUT2D eigenvalue weighted by molar-refractivity contribution is -0.384. The fraction of sp³-hybridized carbons (Fsp3) is 0.371. The van der Waals surface area contributed by atoms with Gasteiger partial charge in [0.1, 0.15) is 42.2 Å². The molecule has 4 unspecified atom stereocenters. The summed E-state index contributed by atoms with van der Waals surface area (Å²) in [6.07, 6.45) is -6.43. The molecule has 66 heavy (non-hydrogen) atoms. The summed E-state index contributed by atoms with van der Waals surface area (Å²) in [5.74, 6) is -2.37. The number of phosphoric ester groups is 2. The number of benzene rings is 1. The van der Waals surface area contributed by atoms with Crippen molar-refractivity contribution in [3.63, 3.8) is 0 Å². The fourth-order valence-electron chi connectivity index (χ4n) is 6.77. The van der Waals surface area contributed by atoms with Crippen LogP contribution in [0.1, 0.15) is 48.1 Å². The Morgan fingerprint density at radius 3 is 2.48 bits per heavy atom. The third kappa shape index (κ3) is 11.0. The van der Waals surface area contributed by atoms with Crippen LogP contribution in [-0.4, -0.2) is 105 Å². The van der Waals surface area contributed by atoms with Crippen molar-refractivity contribution in [1.82, 2.24) is 39.4 Å². The summed E-state index contributed by atoms with van der Waals surface area (Å²) < 4.78 is 65.1. The molecule has 5 aromatic rings. The molecule has 2 saturated heterocycles. The zero-order chi connectivity index (χ0) is 47.5. The average Bonchev–Trinajstić information content (AvgIpc) is 4.05. The van der Waals surface area contributed by atoms with Crippen LogP contribution in [0.25, 0.3) is 22.5 Å². The number of nitrogen functional groups attached to an aromatic ring is 2. The van der Waals surface area contributed by atoms with Gasteiger partial charge in [-0.05, 0) is 24.6 Å². The highest BCUT2D eigenvalue weighted by molar-refractivity contribution is 7.46. The molecule has 2 aliphatic rings. The maximum atomic E-state index is 14.1. The molecule has 4 aromatic heterocycles. The number of nitrogens with one attached hydrogen (secondary N) is 1. The summed E-state index contributed by atoms with van der Waals surface area (Å²) in [6.45, 7) is 1.22. The maximum Gasteiger partial charge on any atom is 0.361 e. The number of hydrogen-bond donors (Lipinski definition) is 5. The molecule has 352 valence electrons. The van der Waals surface area contributed by atoms with Crippen molar-refractivity contribution >= 4 is 56.0 Å². The number of nitro benzene ring substituents is 1. The molecule has 7 rings (SSSR count). The van der Waals surface area contributed by atoms with E-state index in [0.717, 1.165) is 23.0 Å². The first-order valence-corrected chi connectivity index (χ1v) is 22.2. The van der Waals surface area contributed by atoms with Gasteiger partial charge in [0.15, 0.2) is 35.3 Å². The predicted octanol–water partition coefficient (Wildman–Crippen LogP) is -0.488. The minimum absolute atomic E-state index is 0.0396. The Balaban J connectivity index is 1.16. The highest BCUT2D eigenvalue weighted by Gasteiger charge is 2.49. The smallest absolute Gasteiger partial charge is 0.361 e. The van der Waals surface area contributed by atoms with E-state index in [0.29, 0.717) is 6.42 Å². The van der Waals surface area contributed by atoms with Crippen LogP contribution in [-0.2, 0) is 48.3 Å². The Morgan fingerprint density at radius 1 is 1.05 bits per heavy atom. The topological polar surface area (TPSA) is 422 Å². The van der Waals surface area contributed by atoms with Crippen LogP contribution < -0.4 is 32.3 Å². The number of nitro groups is 1. The van der Waals surface area contributed by atoms with Gasteiger partial charge in [-0.15, -0.1) is 6.58 Å². The number of aliphatic hydroxyl groups is 1. The second-order valence-electron chi connectivity index (χ2n) is 14.3. The Morgan fingerprint density at radius 2 is 1.79 bits per heavy atom. The molecular formula is C35H37N11O18P2-2. The van der Waals surface area contributed by atoms with Gasteiger partial charge in [0.25, 0.3) is 21.3 Å². The van der Waals surface area contributed by atoms with Crippen molar-refractivity contribution < 1.29 is 75.6 Å². The summed E-state index contributed by atoms with van der Waals surface area (Å²) in [7, 11) is -10.9. The highest BCUT2D eigenvalue weighted by atomic mass is 31.2. The van der Waals surface area contributed by atoms with Gasteiger partial charge in [-0.25, -0.2) is 29.5 Å². The summed E-state index contributed by atoms with van der Waals surface area (Å²) >= 11 is 0. The number of phosphoric acid groups is 2. The van der Waals surface area contributed by atoms with Gasteiger partial charge in [-0.2, -0.15) is 4.98 Å². The number of nitrogens with two attached hydrogens (primary N) is 2. The molecular weight excluding hydrogens is 924 g/mol. The third-order valence-corrected chi connectivity index (χ3v) is 11.3. The van der Waals surface area contributed by atoms with Gasteiger partial charge in [0, 0.05) is 36.7 Å². The Labute approximate surface area is 369 Å². The lowest BCUT2D eigenvalue weighted by Gasteiger charge is -2.30. The van der Waals surface area contributed by atoms with E-state index in [1.165, 1.54) is 41.4 Å². The Hall–Kier alpha value is -6.36. The zero-order valence-corrected chi connectivity index (χ0v) is 35.5. The van der Waals surface area contributed by atoms with E-state index in [1.54, 1.807) is 0 Å². The van der Waals surface area contributed by atoms with Crippen molar-refractivity contribution in [2.24, 2.45) is 0 Å². The number of oxazole rings is 1. The second kappa shape index (κ2) is 19.6. The maximum absolute atomic E-state index is 14.1. The largest absolute Gasteiger partial charge is 0.756 e. The van der Waals surface area contributed by atoms with Crippen molar-refractivity contribution in [3.8, 4) is 11.3 Å². The molecule has 0 bridgehead atoms. The summed E-state index contributed by atoms with van der Waals surface area (Å²) in [5, 5.41) is 25.7. The number of aromatic nitrogens is 7. The van der Waals surface area contributed by atoms with Crippen LogP contribution in [0.15, 0.2) is 71.0 Å². The molecule has 31 heteroatoms. The first kappa shape index (κ1) is 47.6. The number of ether oxygens (including phenoxy) is 3. The first-order valence-electron chi connectivity index (χ1n) is 19.2. The number of allylic oxidation sites excluding steroid dienone is 1. The van der Waals surface area contributed by atoms with Gasteiger partial charge in [0.2, 0.25) is 11.8 Å². The van der Waals surface area contributed by atoms with E-state index in [-0.39, 0.29) is 58.7 Å². The van der Waals surface area contributed by atoms with Crippen LogP contribution in [0.5, 0.6) is 0 Å². The van der Waals surface area contributed by atoms with Gasteiger partial charge in [0.05, 0.1) is 37.1 Å². The van der Waals surface area contributed by atoms with E-state index in [1.807, 2.05) is 0 Å². The van der Waals surface area contributed by atoms with E-state index < -0.39 is 106 Å². The minimum atomic E-state index is -5.57. The minimum Gasteiger partial charge on any atom is -0.756 e. The molecule has 0 spiro atoms. The van der Waals surface area contributed by atoms with Gasteiger partial charge in [-0.3, -0.25) is 33.2 Å². The van der Waals surface area contributed by atoms with E-state index in [4.69, 9.17) is 39.1 Å². The van der Waals surface area contributed by atoms with E-state index in [9.17, 15) is 53.4 Å². The number of rotatable bonds is 19. The number of aliphatic hydroxyl groups excluding tert-OH is 1.